The first-order chi connectivity index (χ1) is 9.09. The average molecular weight is 261 g/mol. The Kier molecular flexibility index (Phi) is 2.34. The van der Waals surface area contributed by atoms with Gasteiger partial charge in [-0.1, -0.05) is 17.3 Å². The second-order valence-electron chi connectivity index (χ2n) is 3.98. The van der Waals surface area contributed by atoms with Crippen LogP contribution in [0.3, 0.4) is 0 Å². The van der Waals surface area contributed by atoms with Gasteiger partial charge in [0.05, 0.1) is 11.6 Å². The molecule has 19 heavy (non-hydrogen) atoms. The van der Waals surface area contributed by atoms with E-state index in [0.29, 0.717) is 0 Å². The molecule has 1 aromatic carbocycles. The minimum absolute atomic E-state index is 0.0219. The Labute approximate surface area is 105 Å². The molecule has 0 aliphatic rings. The smallest absolute Gasteiger partial charge is 0.335 e. The largest absolute Gasteiger partial charge is 0.339 e. The molecule has 0 aliphatic heterocycles. The summed E-state index contributed by atoms with van der Waals surface area (Å²) >= 11 is 0. The molecule has 0 N–H and O–H groups in total. The topological polar surface area (TPSA) is 69.5 Å². The summed E-state index contributed by atoms with van der Waals surface area (Å²) in [5.41, 5.74) is -1.04. The minimum atomic E-state index is -0.637. The van der Waals surface area contributed by atoms with Gasteiger partial charge in [0.1, 0.15) is 5.82 Å². The van der Waals surface area contributed by atoms with Crippen LogP contribution in [-0.2, 0) is 7.05 Å². The lowest BCUT2D eigenvalue weighted by Crippen LogP contribution is -2.34. The third-order valence-corrected chi connectivity index (χ3v) is 2.83. The van der Waals surface area contributed by atoms with Crippen LogP contribution in [0.4, 0.5) is 4.39 Å². The fourth-order valence-electron chi connectivity index (χ4n) is 1.81. The summed E-state index contributed by atoms with van der Waals surface area (Å²) in [6.07, 6.45) is 0. The second-order valence-corrected chi connectivity index (χ2v) is 3.98. The van der Waals surface area contributed by atoms with Crippen molar-refractivity contribution in [1.82, 2.24) is 14.1 Å². The van der Waals surface area contributed by atoms with Gasteiger partial charge in [-0.3, -0.25) is 9.36 Å². The van der Waals surface area contributed by atoms with E-state index in [0.717, 1.165) is 15.0 Å². The fraction of sp³-hybridized carbons (Fsp3) is 0.0833. The molecule has 0 atom stereocenters. The van der Waals surface area contributed by atoms with E-state index in [1.54, 1.807) is 6.07 Å². The van der Waals surface area contributed by atoms with Gasteiger partial charge in [-0.25, -0.2) is 13.6 Å². The number of rotatable bonds is 1. The Morgan fingerprint density at radius 3 is 2.74 bits per heavy atom. The number of benzene rings is 1. The van der Waals surface area contributed by atoms with Gasteiger partial charge < -0.3 is 4.52 Å². The molecule has 2 aromatic heterocycles. The van der Waals surface area contributed by atoms with Crippen molar-refractivity contribution >= 4 is 5.71 Å². The molecular formula is C12H8FN3O3. The fourth-order valence-corrected chi connectivity index (χ4v) is 1.81. The van der Waals surface area contributed by atoms with E-state index in [2.05, 4.69) is 5.16 Å². The highest BCUT2D eigenvalue weighted by Crippen LogP contribution is 2.20. The van der Waals surface area contributed by atoms with E-state index in [1.807, 2.05) is 0 Å². The van der Waals surface area contributed by atoms with Gasteiger partial charge in [0.25, 0.3) is 5.56 Å². The van der Waals surface area contributed by atoms with Gasteiger partial charge in [0, 0.05) is 7.05 Å². The molecule has 0 bridgehead atoms. The van der Waals surface area contributed by atoms with Crippen molar-refractivity contribution in [2.24, 2.45) is 7.05 Å². The summed E-state index contributed by atoms with van der Waals surface area (Å²) in [5, 5.41) is 3.67. The van der Waals surface area contributed by atoms with Crippen LogP contribution in [0, 0.1) is 5.82 Å². The zero-order chi connectivity index (χ0) is 13.6. The van der Waals surface area contributed by atoms with Crippen LogP contribution >= 0.6 is 0 Å². The number of hydrogen-bond acceptors (Lipinski definition) is 4. The van der Waals surface area contributed by atoms with E-state index in [9.17, 15) is 14.0 Å². The predicted molar refractivity (Wildman–Crippen MR) is 64.4 cm³/mol. The van der Waals surface area contributed by atoms with Crippen molar-refractivity contribution in [1.29, 1.82) is 0 Å². The van der Waals surface area contributed by atoms with Gasteiger partial charge in [0.2, 0.25) is 5.71 Å². The monoisotopic (exact) mass is 261 g/mol. The van der Waals surface area contributed by atoms with Gasteiger partial charge in [-0.15, -0.1) is 0 Å². The molecule has 0 fully saturated rings. The van der Waals surface area contributed by atoms with Crippen LogP contribution < -0.4 is 11.2 Å². The van der Waals surface area contributed by atoms with Crippen LogP contribution in [0.15, 0.2) is 44.4 Å². The maximum absolute atomic E-state index is 13.7. The van der Waals surface area contributed by atoms with Crippen molar-refractivity contribution < 1.29 is 8.91 Å². The summed E-state index contributed by atoms with van der Waals surface area (Å²) in [7, 11) is 1.33. The molecule has 3 aromatic rings. The van der Waals surface area contributed by atoms with Crippen molar-refractivity contribution in [2.75, 3.05) is 0 Å². The number of halogens is 1. The molecule has 7 heteroatoms. The lowest BCUT2D eigenvalue weighted by atomic mass is 10.2. The van der Waals surface area contributed by atoms with Gasteiger partial charge >= 0.3 is 5.69 Å². The number of nitrogens with zero attached hydrogens (tertiary/aromatic N) is 3. The zero-order valence-electron chi connectivity index (χ0n) is 9.83. The molecule has 0 saturated carbocycles. The van der Waals surface area contributed by atoms with Crippen molar-refractivity contribution in [2.45, 2.75) is 0 Å². The molecule has 2 heterocycles. The first kappa shape index (κ1) is 11.4. The predicted octanol–water partition coefficient (Wildman–Crippen LogP) is 0.792. The third-order valence-electron chi connectivity index (χ3n) is 2.83. The average Bonchev–Trinajstić information content (AvgIpc) is 2.80. The van der Waals surface area contributed by atoms with Crippen molar-refractivity contribution in [3.63, 3.8) is 0 Å². The normalized spacial score (nSPS) is 11.1. The summed E-state index contributed by atoms with van der Waals surface area (Å²) in [6.45, 7) is 0. The molecule has 0 aliphatic carbocycles. The van der Waals surface area contributed by atoms with Crippen LogP contribution in [0.1, 0.15) is 0 Å². The number of aromatic nitrogens is 3. The molecule has 0 saturated heterocycles. The molecule has 0 unspecified atom stereocenters. The zero-order valence-corrected chi connectivity index (χ0v) is 9.83. The third kappa shape index (κ3) is 1.59. The Bertz CT molecular complexity index is 891. The molecule has 0 spiro atoms. The highest BCUT2D eigenvalue weighted by molar-refractivity contribution is 5.58. The van der Waals surface area contributed by atoms with E-state index in [1.165, 1.54) is 25.2 Å². The summed E-state index contributed by atoms with van der Waals surface area (Å²) in [5.74, 6) is -0.507. The summed E-state index contributed by atoms with van der Waals surface area (Å²) < 4.78 is 20.6. The summed E-state index contributed by atoms with van der Waals surface area (Å²) in [4.78, 5) is 23.5. The molecule has 3 rings (SSSR count). The van der Waals surface area contributed by atoms with Crippen LogP contribution in [-0.4, -0.2) is 14.1 Å². The minimum Gasteiger partial charge on any atom is -0.335 e. The molecular weight excluding hydrogens is 253 g/mol. The first-order valence-electron chi connectivity index (χ1n) is 5.43. The maximum atomic E-state index is 13.7. The Morgan fingerprint density at radius 2 is 2.00 bits per heavy atom. The Morgan fingerprint density at radius 1 is 1.26 bits per heavy atom. The van der Waals surface area contributed by atoms with Crippen molar-refractivity contribution in [3.05, 3.63) is 57.0 Å². The number of fused-ring (bicyclic) bond motifs is 1. The standard InChI is InChI=1S/C12H8FN3O3/c1-15-9(17)6-10-16(12(15)18)11(14-19-10)7-4-2-3-5-8(7)13/h2-6H,1H3. The molecule has 6 nitrogen and oxygen atoms in total. The van der Waals surface area contributed by atoms with Gasteiger partial charge in [-0.2, -0.15) is 0 Å². The van der Waals surface area contributed by atoms with Crippen LogP contribution in [0.2, 0.25) is 0 Å². The van der Waals surface area contributed by atoms with Gasteiger partial charge in [-0.05, 0) is 12.1 Å². The lowest BCUT2D eigenvalue weighted by molar-refractivity contribution is 0.455. The SMILES string of the molecule is Cn1c(=O)cc2onc(-c3ccccc3F)n2c1=O. The Balaban J connectivity index is 2.45. The van der Waals surface area contributed by atoms with Crippen molar-refractivity contribution in [3.8, 4) is 11.4 Å². The van der Waals surface area contributed by atoms with E-state index in [4.69, 9.17) is 4.52 Å². The molecule has 96 valence electrons. The quantitative estimate of drug-likeness (QED) is 0.649. The molecule has 0 amide bonds. The van der Waals surface area contributed by atoms with E-state index < -0.39 is 17.1 Å². The van der Waals surface area contributed by atoms with Crippen LogP contribution in [0.5, 0.6) is 0 Å². The lowest BCUT2D eigenvalue weighted by Gasteiger charge is -2.00. The van der Waals surface area contributed by atoms with Gasteiger partial charge in [0.15, 0.2) is 5.82 Å². The maximum Gasteiger partial charge on any atom is 0.339 e. The van der Waals surface area contributed by atoms with Crippen LogP contribution in [0.25, 0.3) is 17.1 Å². The van der Waals surface area contributed by atoms with E-state index >= 15 is 0 Å². The molecule has 0 radical (unpaired) electrons. The van der Waals surface area contributed by atoms with E-state index in [-0.39, 0.29) is 17.1 Å². The number of hydrogen-bond donors (Lipinski definition) is 0. The summed E-state index contributed by atoms with van der Waals surface area (Å²) in [6, 6.07) is 7.00. The second kappa shape index (κ2) is 3.91. The highest BCUT2D eigenvalue weighted by Gasteiger charge is 2.16. The first-order valence-corrected chi connectivity index (χ1v) is 5.43. The Hall–Kier alpha value is -2.70. The highest BCUT2D eigenvalue weighted by atomic mass is 19.1.